The second-order valence-corrected chi connectivity index (χ2v) is 3.80. The van der Waals surface area contributed by atoms with E-state index >= 15 is 0 Å². The lowest BCUT2D eigenvalue weighted by Gasteiger charge is -2.16. The molecule has 1 aromatic heterocycles. The van der Waals surface area contributed by atoms with E-state index in [2.05, 4.69) is 29.8 Å². The number of fused-ring (bicyclic) bond motifs is 1. The fourth-order valence-electron chi connectivity index (χ4n) is 1.32. The van der Waals surface area contributed by atoms with Crippen molar-refractivity contribution < 1.29 is 4.42 Å². The van der Waals surface area contributed by atoms with Crippen molar-refractivity contribution in [3.63, 3.8) is 0 Å². The summed E-state index contributed by atoms with van der Waals surface area (Å²) in [4.78, 5) is 0. The molecule has 2 N–H and O–H groups in total. The van der Waals surface area contributed by atoms with Crippen LogP contribution in [0, 0.1) is 0 Å². The van der Waals surface area contributed by atoms with Gasteiger partial charge in [-0.2, -0.15) is 0 Å². The summed E-state index contributed by atoms with van der Waals surface area (Å²) in [6, 6.07) is 2.38. The molecular formula is C7H9IN2O. The molecule has 0 fully saturated rings. The molecule has 0 aromatic carbocycles. The van der Waals surface area contributed by atoms with E-state index in [1.807, 2.05) is 9.18 Å². The van der Waals surface area contributed by atoms with Crippen LogP contribution in [0.3, 0.4) is 0 Å². The third-order valence-electron chi connectivity index (χ3n) is 2.10. The maximum Gasteiger partial charge on any atom is 0.209 e. The summed E-state index contributed by atoms with van der Waals surface area (Å²) in [6.45, 7) is 2.09. The Hall–Kier alpha value is -0.230. The smallest absolute Gasteiger partial charge is 0.209 e. The number of hydrogen-bond acceptors (Lipinski definition) is 3. The quantitative estimate of drug-likeness (QED) is 0.574. The Morgan fingerprint density at radius 1 is 1.73 bits per heavy atom. The summed E-state index contributed by atoms with van der Waals surface area (Å²) in [5.74, 6) is 0.908. The molecule has 0 saturated carbocycles. The van der Waals surface area contributed by atoms with E-state index in [9.17, 15) is 0 Å². The molecule has 0 aliphatic carbocycles. The van der Waals surface area contributed by atoms with Gasteiger partial charge in [-0.05, 0) is 13.0 Å². The molecule has 0 radical (unpaired) electrons. The molecule has 0 amide bonds. The molecule has 2 rings (SSSR count). The number of furan rings is 1. The van der Waals surface area contributed by atoms with E-state index < -0.39 is 0 Å². The van der Waals surface area contributed by atoms with Gasteiger partial charge in [0.25, 0.3) is 0 Å². The van der Waals surface area contributed by atoms with Gasteiger partial charge in [0.1, 0.15) is 0 Å². The van der Waals surface area contributed by atoms with Crippen LogP contribution in [0.25, 0.3) is 0 Å². The Bertz CT molecular complexity index is 249. The van der Waals surface area contributed by atoms with Gasteiger partial charge in [-0.25, -0.2) is 0 Å². The lowest BCUT2D eigenvalue weighted by Crippen LogP contribution is -2.27. The normalized spacial score (nSPS) is 29.2. The number of hydrogen-bond donors (Lipinski definition) is 1. The molecule has 2 unspecified atom stereocenters. The molecule has 2 heterocycles. The summed E-state index contributed by atoms with van der Waals surface area (Å²) in [7, 11) is 0. The van der Waals surface area contributed by atoms with Crippen molar-refractivity contribution in [3.05, 3.63) is 17.9 Å². The first-order valence-corrected chi connectivity index (χ1v) is 4.46. The summed E-state index contributed by atoms with van der Waals surface area (Å²) in [5.41, 5.74) is 7.04. The first kappa shape index (κ1) is 7.42. The van der Waals surface area contributed by atoms with Crippen LogP contribution in [0.2, 0.25) is 0 Å². The number of halogens is 1. The molecule has 3 nitrogen and oxygen atoms in total. The average Bonchev–Trinajstić information content (AvgIpc) is 2.53. The maximum atomic E-state index is 5.92. The summed E-state index contributed by atoms with van der Waals surface area (Å²) < 4.78 is 7.31. The van der Waals surface area contributed by atoms with Crippen molar-refractivity contribution in [1.29, 1.82) is 0 Å². The average molecular weight is 264 g/mol. The van der Waals surface area contributed by atoms with Crippen LogP contribution in [0.5, 0.6) is 0 Å². The van der Waals surface area contributed by atoms with Crippen molar-refractivity contribution in [3.8, 4) is 0 Å². The third kappa shape index (κ3) is 0.888. The maximum absolute atomic E-state index is 5.92. The number of rotatable bonds is 0. The van der Waals surface area contributed by atoms with Crippen molar-refractivity contribution in [2.75, 3.05) is 3.11 Å². The summed E-state index contributed by atoms with van der Waals surface area (Å²) >= 11 is 2.22. The van der Waals surface area contributed by atoms with Gasteiger partial charge in [-0.1, -0.05) is 0 Å². The number of anilines is 1. The van der Waals surface area contributed by atoms with Gasteiger partial charge < -0.3 is 10.2 Å². The Kier molecular flexibility index (Phi) is 1.61. The highest BCUT2D eigenvalue weighted by Gasteiger charge is 2.34. The highest BCUT2D eigenvalue weighted by atomic mass is 127. The molecule has 11 heavy (non-hydrogen) atoms. The predicted octanol–water partition coefficient (Wildman–Crippen LogP) is 1.84. The van der Waals surface area contributed by atoms with Gasteiger partial charge in [0, 0.05) is 5.56 Å². The number of nitrogens with two attached hydrogens (primary N) is 1. The van der Waals surface area contributed by atoms with E-state index in [1.165, 1.54) is 0 Å². The molecule has 2 atom stereocenters. The van der Waals surface area contributed by atoms with E-state index in [-0.39, 0.29) is 6.04 Å². The zero-order chi connectivity index (χ0) is 8.01. The SMILES string of the molecule is CC1C(N)c2ccoc2N1I. The van der Waals surface area contributed by atoms with Gasteiger partial charge in [0.05, 0.1) is 41.2 Å². The Balaban J connectivity index is 2.48. The summed E-state index contributed by atoms with van der Waals surface area (Å²) in [6.07, 6.45) is 1.68. The second kappa shape index (κ2) is 2.38. The van der Waals surface area contributed by atoms with Crippen LogP contribution in [-0.4, -0.2) is 6.04 Å². The van der Waals surface area contributed by atoms with Crippen LogP contribution in [0.15, 0.2) is 16.7 Å². The van der Waals surface area contributed by atoms with Crippen LogP contribution >= 0.6 is 22.9 Å². The van der Waals surface area contributed by atoms with Crippen LogP contribution in [0.4, 0.5) is 5.88 Å². The minimum atomic E-state index is 0.0978. The molecular weight excluding hydrogens is 255 g/mol. The van der Waals surface area contributed by atoms with Crippen molar-refractivity contribution in [2.45, 2.75) is 19.0 Å². The Labute approximate surface area is 79.0 Å². The van der Waals surface area contributed by atoms with Gasteiger partial charge in [-0.3, -0.25) is 3.11 Å². The largest absolute Gasteiger partial charge is 0.448 e. The Morgan fingerprint density at radius 3 is 3.09 bits per heavy atom. The monoisotopic (exact) mass is 264 g/mol. The first-order chi connectivity index (χ1) is 5.22. The van der Waals surface area contributed by atoms with Crippen molar-refractivity contribution in [2.24, 2.45) is 5.73 Å². The predicted molar refractivity (Wildman–Crippen MR) is 51.6 cm³/mol. The first-order valence-electron chi connectivity index (χ1n) is 3.50. The summed E-state index contributed by atoms with van der Waals surface area (Å²) in [5, 5.41) is 0. The molecule has 1 aliphatic rings. The minimum Gasteiger partial charge on any atom is -0.448 e. The van der Waals surface area contributed by atoms with Crippen LogP contribution in [0.1, 0.15) is 18.5 Å². The molecule has 1 aromatic rings. The third-order valence-corrected chi connectivity index (χ3v) is 3.42. The zero-order valence-electron chi connectivity index (χ0n) is 6.12. The van der Waals surface area contributed by atoms with Crippen LogP contribution < -0.4 is 8.85 Å². The molecule has 0 bridgehead atoms. The van der Waals surface area contributed by atoms with Gasteiger partial charge in [0.15, 0.2) is 0 Å². The Morgan fingerprint density at radius 2 is 2.45 bits per heavy atom. The second-order valence-electron chi connectivity index (χ2n) is 2.76. The highest BCUT2D eigenvalue weighted by Crippen LogP contribution is 2.40. The van der Waals surface area contributed by atoms with Gasteiger partial charge >= 0.3 is 0 Å². The van der Waals surface area contributed by atoms with Gasteiger partial charge in [-0.15, -0.1) is 0 Å². The molecule has 60 valence electrons. The minimum absolute atomic E-state index is 0.0978. The fourth-order valence-corrected chi connectivity index (χ4v) is 2.06. The standard InChI is InChI=1S/C7H9IN2O/c1-4-6(9)5-2-3-11-7(5)10(4)8/h2-4,6H,9H2,1H3. The highest BCUT2D eigenvalue weighted by molar-refractivity contribution is 14.1. The molecule has 4 heteroatoms. The lowest BCUT2D eigenvalue weighted by molar-refractivity contribution is 0.564. The van der Waals surface area contributed by atoms with E-state index in [0.29, 0.717) is 6.04 Å². The van der Waals surface area contributed by atoms with Gasteiger partial charge in [0.2, 0.25) is 5.88 Å². The molecule has 1 aliphatic heterocycles. The number of nitrogens with zero attached hydrogens (tertiary/aromatic N) is 1. The van der Waals surface area contributed by atoms with E-state index in [4.69, 9.17) is 10.2 Å². The molecule has 0 saturated heterocycles. The topological polar surface area (TPSA) is 42.4 Å². The lowest BCUT2D eigenvalue weighted by atomic mass is 10.1. The zero-order valence-corrected chi connectivity index (χ0v) is 8.28. The van der Waals surface area contributed by atoms with Crippen molar-refractivity contribution in [1.82, 2.24) is 0 Å². The van der Waals surface area contributed by atoms with Crippen molar-refractivity contribution >= 4 is 28.7 Å². The van der Waals surface area contributed by atoms with E-state index in [0.717, 1.165) is 11.4 Å². The molecule has 0 spiro atoms. The fraction of sp³-hybridized carbons (Fsp3) is 0.429. The van der Waals surface area contributed by atoms with E-state index in [1.54, 1.807) is 6.26 Å². The van der Waals surface area contributed by atoms with Crippen LogP contribution in [-0.2, 0) is 0 Å².